The summed E-state index contributed by atoms with van der Waals surface area (Å²) in [5, 5.41) is 2.90. The van der Waals surface area contributed by atoms with Gasteiger partial charge in [-0.25, -0.2) is 0 Å². The Morgan fingerprint density at radius 1 is 0.964 bits per heavy atom. The highest BCUT2D eigenvalue weighted by Crippen LogP contribution is 2.19. The summed E-state index contributed by atoms with van der Waals surface area (Å²) >= 11 is 0. The number of hydrogen-bond acceptors (Lipinski definition) is 3. The van der Waals surface area contributed by atoms with Gasteiger partial charge in [0.1, 0.15) is 0 Å². The largest absolute Gasteiger partial charge is 0.341 e. The molecular formula is C23H23N3O2. The Labute approximate surface area is 165 Å². The average molecular weight is 373 g/mol. The lowest BCUT2D eigenvalue weighted by atomic mass is 10.1. The van der Waals surface area contributed by atoms with Crippen molar-refractivity contribution in [2.75, 3.05) is 18.9 Å². The van der Waals surface area contributed by atoms with Crippen molar-refractivity contribution in [1.82, 2.24) is 9.88 Å². The quantitative estimate of drug-likeness (QED) is 0.711. The normalized spacial score (nSPS) is 10.4. The number of likely N-dealkylation sites (N-methyl/N-ethyl adjacent to an activating group) is 1. The lowest BCUT2D eigenvalue weighted by Gasteiger charge is -2.18. The highest BCUT2D eigenvalue weighted by Gasteiger charge is 2.15. The predicted molar refractivity (Wildman–Crippen MR) is 110 cm³/mol. The SMILES string of the molecule is Cc1ccc(C(=O)N(C)CCc2ccccn2)cc1NC(=O)c1ccccc1. The fraction of sp³-hybridized carbons (Fsp3) is 0.174. The number of rotatable bonds is 6. The Morgan fingerprint density at radius 2 is 1.71 bits per heavy atom. The van der Waals surface area contributed by atoms with Crippen LogP contribution >= 0.6 is 0 Å². The van der Waals surface area contributed by atoms with Crippen LogP contribution < -0.4 is 5.32 Å². The number of amides is 2. The fourth-order valence-electron chi connectivity index (χ4n) is 2.82. The third-order valence-electron chi connectivity index (χ3n) is 4.54. The van der Waals surface area contributed by atoms with E-state index >= 15 is 0 Å². The number of aromatic nitrogens is 1. The van der Waals surface area contributed by atoms with E-state index in [0.717, 1.165) is 11.3 Å². The molecule has 5 heteroatoms. The number of aryl methyl sites for hydroxylation is 1. The first-order chi connectivity index (χ1) is 13.5. The average Bonchev–Trinajstić information content (AvgIpc) is 2.74. The first-order valence-corrected chi connectivity index (χ1v) is 9.17. The van der Waals surface area contributed by atoms with Crippen molar-refractivity contribution in [3.63, 3.8) is 0 Å². The Bertz CT molecular complexity index is 956. The molecule has 0 bridgehead atoms. The van der Waals surface area contributed by atoms with E-state index in [1.54, 1.807) is 42.4 Å². The number of benzene rings is 2. The first kappa shape index (κ1) is 19.3. The highest BCUT2D eigenvalue weighted by molar-refractivity contribution is 6.05. The minimum absolute atomic E-state index is 0.0915. The van der Waals surface area contributed by atoms with Crippen molar-refractivity contribution in [3.8, 4) is 0 Å². The molecular weight excluding hydrogens is 350 g/mol. The van der Waals surface area contributed by atoms with Crippen LogP contribution in [-0.4, -0.2) is 35.3 Å². The minimum atomic E-state index is -0.197. The van der Waals surface area contributed by atoms with E-state index in [9.17, 15) is 9.59 Å². The van der Waals surface area contributed by atoms with Gasteiger partial charge in [-0.05, 0) is 48.9 Å². The monoisotopic (exact) mass is 373 g/mol. The maximum atomic E-state index is 12.8. The maximum absolute atomic E-state index is 12.8. The molecule has 0 aliphatic carbocycles. The van der Waals surface area contributed by atoms with E-state index < -0.39 is 0 Å². The summed E-state index contributed by atoms with van der Waals surface area (Å²) in [6.07, 6.45) is 2.44. The summed E-state index contributed by atoms with van der Waals surface area (Å²) in [5.41, 5.74) is 3.60. The summed E-state index contributed by atoms with van der Waals surface area (Å²) in [6.45, 7) is 2.47. The summed E-state index contributed by atoms with van der Waals surface area (Å²) in [4.78, 5) is 31.2. The molecule has 0 radical (unpaired) electrons. The number of carbonyl (C=O) groups is 2. The minimum Gasteiger partial charge on any atom is -0.341 e. The molecule has 0 unspecified atom stereocenters. The number of nitrogens with one attached hydrogen (secondary N) is 1. The van der Waals surface area contributed by atoms with E-state index in [-0.39, 0.29) is 11.8 Å². The molecule has 1 heterocycles. The van der Waals surface area contributed by atoms with Crippen LogP contribution in [0.15, 0.2) is 72.9 Å². The number of hydrogen-bond donors (Lipinski definition) is 1. The van der Waals surface area contributed by atoms with E-state index in [0.29, 0.717) is 29.8 Å². The molecule has 28 heavy (non-hydrogen) atoms. The molecule has 0 fully saturated rings. The Kier molecular flexibility index (Phi) is 6.17. The molecule has 1 aromatic heterocycles. The van der Waals surface area contributed by atoms with Crippen molar-refractivity contribution in [1.29, 1.82) is 0 Å². The third kappa shape index (κ3) is 4.82. The molecule has 0 saturated heterocycles. The second kappa shape index (κ2) is 8.95. The van der Waals surface area contributed by atoms with Gasteiger partial charge in [0, 0.05) is 48.7 Å². The van der Waals surface area contributed by atoms with Crippen LogP contribution in [0, 0.1) is 6.92 Å². The van der Waals surface area contributed by atoms with Crippen LogP contribution in [0.1, 0.15) is 32.0 Å². The number of carbonyl (C=O) groups excluding carboxylic acids is 2. The lowest BCUT2D eigenvalue weighted by Crippen LogP contribution is -2.29. The zero-order chi connectivity index (χ0) is 19.9. The van der Waals surface area contributed by atoms with E-state index in [2.05, 4.69) is 10.3 Å². The zero-order valence-corrected chi connectivity index (χ0v) is 16.1. The second-order valence-corrected chi connectivity index (χ2v) is 6.65. The number of anilines is 1. The Morgan fingerprint density at radius 3 is 2.43 bits per heavy atom. The van der Waals surface area contributed by atoms with Gasteiger partial charge >= 0.3 is 0 Å². The standard InChI is InChI=1S/C23H23N3O2/c1-17-11-12-19(16-21(17)25-22(27)18-8-4-3-5-9-18)23(28)26(2)15-13-20-10-6-7-14-24-20/h3-12,14,16H,13,15H2,1-2H3,(H,25,27). The summed E-state index contributed by atoms with van der Waals surface area (Å²) in [5.74, 6) is -0.289. The number of pyridine rings is 1. The van der Waals surface area contributed by atoms with Crippen molar-refractivity contribution in [3.05, 3.63) is 95.3 Å². The summed E-state index contributed by atoms with van der Waals surface area (Å²) in [7, 11) is 1.77. The summed E-state index contributed by atoms with van der Waals surface area (Å²) in [6, 6.07) is 20.1. The molecule has 2 aromatic carbocycles. The molecule has 0 atom stereocenters. The van der Waals surface area contributed by atoms with Crippen LogP contribution in [0.2, 0.25) is 0 Å². The van der Waals surface area contributed by atoms with Crippen molar-refractivity contribution >= 4 is 17.5 Å². The van der Waals surface area contributed by atoms with Gasteiger partial charge in [-0.2, -0.15) is 0 Å². The first-order valence-electron chi connectivity index (χ1n) is 9.17. The number of nitrogens with zero attached hydrogens (tertiary/aromatic N) is 2. The van der Waals surface area contributed by atoms with Crippen LogP contribution in [0.25, 0.3) is 0 Å². The lowest BCUT2D eigenvalue weighted by molar-refractivity contribution is 0.0796. The van der Waals surface area contributed by atoms with Gasteiger partial charge in [0.2, 0.25) is 0 Å². The molecule has 0 aliphatic rings. The van der Waals surface area contributed by atoms with Gasteiger partial charge in [0.05, 0.1) is 0 Å². The molecule has 3 aromatic rings. The summed E-state index contributed by atoms with van der Waals surface area (Å²) < 4.78 is 0. The molecule has 1 N–H and O–H groups in total. The maximum Gasteiger partial charge on any atom is 0.255 e. The van der Waals surface area contributed by atoms with E-state index in [4.69, 9.17) is 0 Å². The second-order valence-electron chi connectivity index (χ2n) is 6.65. The van der Waals surface area contributed by atoms with Crippen LogP contribution in [0.3, 0.4) is 0 Å². The van der Waals surface area contributed by atoms with Gasteiger partial charge in [0.25, 0.3) is 11.8 Å². The van der Waals surface area contributed by atoms with E-state index in [1.165, 1.54) is 0 Å². The van der Waals surface area contributed by atoms with Crippen LogP contribution in [0.5, 0.6) is 0 Å². The smallest absolute Gasteiger partial charge is 0.255 e. The Hall–Kier alpha value is -3.47. The molecule has 142 valence electrons. The van der Waals surface area contributed by atoms with Crippen molar-refractivity contribution < 1.29 is 9.59 Å². The third-order valence-corrected chi connectivity index (χ3v) is 4.54. The van der Waals surface area contributed by atoms with Crippen molar-refractivity contribution in [2.45, 2.75) is 13.3 Å². The Balaban J connectivity index is 1.69. The van der Waals surface area contributed by atoms with Crippen LogP contribution in [-0.2, 0) is 6.42 Å². The topological polar surface area (TPSA) is 62.3 Å². The van der Waals surface area contributed by atoms with Gasteiger partial charge < -0.3 is 10.2 Å². The van der Waals surface area contributed by atoms with E-state index in [1.807, 2.05) is 49.4 Å². The molecule has 0 aliphatic heterocycles. The van der Waals surface area contributed by atoms with Gasteiger partial charge in [0.15, 0.2) is 0 Å². The zero-order valence-electron chi connectivity index (χ0n) is 16.1. The fourth-order valence-corrected chi connectivity index (χ4v) is 2.82. The molecule has 2 amide bonds. The predicted octanol–water partition coefficient (Wildman–Crippen LogP) is 3.96. The van der Waals surface area contributed by atoms with Gasteiger partial charge in [-0.15, -0.1) is 0 Å². The van der Waals surface area contributed by atoms with Crippen LogP contribution in [0.4, 0.5) is 5.69 Å². The molecule has 3 rings (SSSR count). The van der Waals surface area contributed by atoms with Gasteiger partial charge in [-0.1, -0.05) is 30.3 Å². The molecule has 0 saturated carbocycles. The van der Waals surface area contributed by atoms with Gasteiger partial charge in [-0.3, -0.25) is 14.6 Å². The van der Waals surface area contributed by atoms with Crippen molar-refractivity contribution in [2.24, 2.45) is 0 Å². The molecule has 5 nitrogen and oxygen atoms in total. The highest BCUT2D eigenvalue weighted by atomic mass is 16.2. The molecule has 0 spiro atoms.